The van der Waals surface area contributed by atoms with Crippen LogP contribution in [-0.2, 0) is 17.6 Å². The van der Waals surface area contributed by atoms with Crippen LogP contribution >= 0.6 is 0 Å². The maximum Gasteiger partial charge on any atom is 0.416 e. The number of nitrogens with one attached hydrogen (secondary N) is 1. The molecule has 1 aliphatic carbocycles. The van der Waals surface area contributed by atoms with Gasteiger partial charge in [-0.1, -0.05) is 36.6 Å². The normalized spacial score (nSPS) is 14.7. The number of hydrogen-bond donors (Lipinski definition) is 3. The van der Waals surface area contributed by atoms with Crippen LogP contribution in [0.5, 0.6) is 5.88 Å². The van der Waals surface area contributed by atoms with Crippen molar-refractivity contribution < 1.29 is 22.7 Å². The van der Waals surface area contributed by atoms with Crippen LogP contribution in [0.1, 0.15) is 55.7 Å². The summed E-state index contributed by atoms with van der Waals surface area (Å²) < 4.78 is 42.7. The predicted octanol–water partition coefficient (Wildman–Crippen LogP) is 4.88. The molecule has 34 heavy (non-hydrogen) atoms. The lowest BCUT2D eigenvalue weighted by Gasteiger charge is -2.18. The summed E-state index contributed by atoms with van der Waals surface area (Å²) in [6.45, 7) is 2.62. The molecule has 0 atom stereocenters. The molecular weight excluding hydrogens is 447 g/mol. The third-order valence-electron chi connectivity index (χ3n) is 5.30. The molecule has 1 fully saturated rings. The number of alkyl halides is 3. The smallest absolute Gasteiger partial charge is 0.416 e. The first-order chi connectivity index (χ1) is 16.2. The average Bonchev–Trinajstić information content (AvgIpc) is 2.83. The summed E-state index contributed by atoms with van der Waals surface area (Å²) in [6.07, 6.45) is 4.21. The second-order valence-corrected chi connectivity index (χ2v) is 8.08. The first-order valence-corrected chi connectivity index (χ1v) is 11.1. The zero-order chi connectivity index (χ0) is 25.0. The largest absolute Gasteiger partial charge is 0.470 e. The monoisotopic (exact) mass is 479 g/mol. The summed E-state index contributed by atoms with van der Waals surface area (Å²) in [4.78, 5) is 9.23. The fraction of sp³-hybridized carbons (Fsp3) is 0.458. The van der Waals surface area contributed by atoms with E-state index in [9.17, 15) is 13.2 Å². The van der Waals surface area contributed by atoms with Gasteiger partial charge in [0.25, 0.3) is 0 Å². The minimum absolute atomic E-state index is 0.0444. The van der Waals surface area contributed by atoms with Gasteiger partial charge in [-0.15, -0.1) is 0 Å². The minimum Gasteiger partial charge on any atom is -0.470 e. The van der Waals surface area contributed by atoms with Gasteiger partial charge in [-0.05, 0) is 56.0 Å². The molecule has 0 radical (unpaired) electrons. The molecule has 3 rings (SSSR count). The van der Waals surface area contributed by atoms with Crippen LogP contribution in [0.4, 0.5) is 13.2 Å². The molecule has 0 spiro atoms. The van der Waals surface area contributed by atoms with Crippen LogP contribution in [0.25, 0.3) is 0 Å². The number of hydrogen-bond acceptors (Lipinski definition) is 6. The zero-order valence-electron chi connectivity index (χ0n) is 19.3. The van der Waals surface area contributed by atoms with Crippen molar-refractivity contribution >= 4 is 11.5 Å². The van der Waals surface area contributed by atoms with Crippen LogP contribution in [0, 0.1) is 11.3 Å². The van der Waals surface area contributed by atoms with E-state index >= 15 is 0 Å². The van der Waals surface area contributed by atoms with Crippen molar-refractivity contribution in [3.05, 3.63) is 59.3 Å². The summed E-state index contributed by atoms with van der Waals surface area (Å²) in [5.74, 6) is 1.08. The van der Waals surface area contributed by atoms with Gasteiger partial charge in [0.2, 0.25) is 5.88 Å². The Morgan fingerprint density at radius 3 is 2.29 bits per heavy atom. The van der Waals surface area contributed by atoms with Crippen molar-refractivity contribution in [1.82, 2.24) is 4.98 Å². The predicted molar refractivity (Wildman–Crippen MR) is 126 cm³/mol. The summed E-state index contributed by atoms with van der Waals surface area (Å²) in [7, 11) is 0. The second-order valence-electron chi connectivity index (χ2n) is 8.08. The first-order valence-electron chi connectivity index (χ1n) is 11.1. The van der Waals surface area contributed by atoms with E-state index in [0.717, 1.165) is 24.6 Å². The van der Waals surface area contributed by atoms with Crippen LogP contribution in [-0.4, -0.2) is 29.7 Å². The number of nitrogens with zero attached hydrogens (tertiary/aromatic N) is 2. The number of benzene rings is 1. The van der Waals surface area contributed by atoms with Crippen molar-refractivity contribution in [1.29, 1.82) is 5.41 Å². The number of amidine groups is 1. The fourth-order valence-electron chi connectivity index (χ4n) is 3.30. The molecule has 2 aromatic rings. The van der Waals surface area contributed by atoms with Crippen molar-refractivity contribution in [2.75, 3.05) is 13.2 Å². The maximum absolute atomic E-state index is 12.5. The van der Waals surface area contributed by atoms with E-state index < -0.39 is 11.7 Å². The summed E-state index contributed by atoms with van der Waals surface area (Å²) in [5.41, 5.74) is 11.8. The number of ether oxygens (including phenoxy) is 1. The third kappa shape index (κ3) is 9.78. The van der Waals surface area contributed by atoms with Crippen LogP contribution < -0.4 is 16.2 Å². The Hall–Kier alpha value is -3.14. The van der Waals surface area contributed by atoms with Gasteiger partial charge in [0, 0.05) is 17.8 Å². The molecule has 5 N–H and O–H groups in total. The van der Waals surface area contributed by atoms with E-state index in [4.69, 9.17) is 26.5 Å². The van der Waals surface area contributed by atoms with Gasteiger partial charge >= 0.3 is 6.18 Å². The molecular formula is C24H32F3N5O2. The van der Waals surface area contributed by atoms with Gasteiger partial charge in [-0.2, -0.15) is 13.2 Å². The standard InChI is InChI=1S/C17H17F3N4O2.C7H15N/c1-11(13-4-7-16(23-8-13)25-10-15(21)22)24-26-9-12-2-5-14(6-3-12)17(18,19)20;8-6-7-4-2-1-3-5-7/h2-8H,9-10H2,1H3,(H3,21,22);7H,1-6,8H2/b24-11+;. The number of nitrogens with two attached hydrogens (primary N) is 2. The molecule has 0 saturated heterocycles. The topological polar surface area (TPSA) is 120 Å². The van der Waals surface area contributed by atoms with E-state index in [1.54, 1.807) is 19.1 Å². The summed E-state index contributed by atoms with van der Waals surface area (Å²) >= 11 is 0. The Balaban J connectivity index is 0.000000430. The van der Waals surface area contributed by atoms with E-state index in [-0.39, 0.29) is 19.0 Å². The van der Waals surface area contributed by atoms with E-state index in [2.05, 4.69) is 10.1 Å². The van der Waals surface area contributed by atoms with Crippen LogP contribution in [0.3, 0.4) is 0 Å². The fourth-order valence-corrected chi connectivity index (χ4v) is 3.30. The Labute approximate surface area is 197 Å². The van der Waals surface area contributed by atoms with Crippen LogP contribution in [0.2, 0.25) is 0 Å². The lowest BCUT2D eigenvalue weighted by atomic mass is 9.90. The molecule has 1 aromatic carbocycles. The second kappa shape index (κ2) is 13.5. The Morgan fingerprint density at radius 1 is 1.12 bits per heavy atom. The summed E-state index contributed by atoms with van der Waals surface area (Å²) in [5, 5.41) is 11.0. The van der Waals surface area contributed by atoms with Crippen molar-refractivity contribution in [3.63, 3.8) is 0 Å². The number of halogens is 3. The molecule has 1 heterocycles. The quantitative estimate of drug-likeness (QED) is 0.283. The Bertz CT molecular complexity index is 910. The SMILES string of the molecule is C/C(=N\OCc1ccc(C(F)(F)F)cc1)c1ccc(OCC(=N)N)nc1.NCC1CCCCC1. The zero-order valence-corrected chi connectivity index (χ0v) is 19.3. The maximum atomic E-state index is 12.5. The molecule has 0 amide bonds. The van der Waals surface area contributed by atoms with Gasteiger partial charge < -0.3 is 21.0 Å². The molecule has 10 heteroatoms. The van der Waals surface area contributed by atoms with E-state index in [1.807, 2.05) is 0 Å². The highest BCUT2D eigenvalue weighted by Crippen LogP contribution is 2.29. The highest BCUT2D eigenvalue weighted by atomic mass is 19.4. The average molecular weight is 480 g/mol. The van der Waals surface area contributed by atoms with Crippen molar-refractivity contribution in [2.45, 2.75) is 51.8 Å². The molecule has 7 nitrogen and oxygen atoms in total. The Kier molecular flexibility index (Phi) is 10.8. The molecule has 1 saturated carbocycles. The highest BCUT2D eigenvalue weighted by molar-refractivity contribution is 5.98. The summed E-state index contributed by atoms with van der Waals surface area (Å²) in [6, 6.07) is 8.00. The van der Waals surface area contributed by atoms with Crippen molar-refractivity contribution in [2.24, 2.45) is 22.5 Å². The van der Waals surface area contributed by atoms with Crippen molar-refractivity contribution in [3.8, 4) is 5.88 Å². The van der Waals surface area contributed by atoms with E-state index in [0.29, 0.717) is 22.7 Å². The van der Waals surface area contributed by atoms with E-state index in [1.165, 1.54) is 50.4 Å². The molecule has 0 unspecified atom stereocenters. The molecule has 1 aromatic heterocycles. The Morgan fingerprint density at radius 2 is 1.79 bits per heavy atom. The first kappa shape index (κ1) is 27.1. The number of rotatable bonds is 8. The lowest BCUT2D eigenvalue weighted by Crippen LogP contribution is -2.19. The number of aromatic nitrogens is 1. The van der Waals surface area contributed by atoms with Gasteiger partial charge in [-0.3, -0.25) is 5.41 Å². The van der Waals surface area contributed by atoms with Gasteiger partial charge in [-0.25, -0.2) is 4.98 Å². The lowest BCUT2D eigenvalue weighted by molar-refractivity contribution is -0.137. The molecule has 186 valence electrons. The highest BCUT2D eigenvalue weighted by Gasteiger charge is 2.29. The minimum atomic E-state index is -4.36. The third-order valence-corrected chi connectivity index (χ3v) is 5.30. The van der Waals surface area contributed by atoms with Crippen LogP contribution in [0.15, 0.2) is 47.8 Å². The molecule has 0 aliphatic heterocycles. The van der Waals surface area contributed by atoms with Gasteiger partial charge in [0.15, 0.2) is 0 Å². The molecule has 1 aliphatic rings. The number of oxime groups is 1. The number of pyridine rings is 1. The van der Waals surface area contributed by atoms with Gasteiger partial charge in [0.05, 0.1) is 11.3 Å². The molecule has 0 bridgehead atoms. The van der Waals surface area contributed by atoms with Gasteiger partial charge in [0.1, 0.15) is 19.0 Å².